The molecule has 0 radical (unpaired) electrons. The summed E-state index contributed by atoms with van der Waals surface area (Å²) in [6.45, 7) is 1.72. The number of rotatable bonds is 1. The molecule has 3 atom stereocenters. The Bertz CT molecular complexity index is 263. The first kappa shape index (κ1) is 7.50. The van der Waals surface area contributed by atoms with Crippen molar-refractivity contribution in [2.75, 3.05) is 13.1 Å². The Morgan fingerprint density at radius 2 is 1.92 bits per heavy atom. The fourth-order valence-electron chi connectivity index (χ4n) is 2.43. The smallest absolute Gasteiger partial charge is 0.233 e. The monoisotopic (exact) mass is 180 g/mol. The van der Waals surface area contributed by atoms with Gasteiger partial charge >= 0.3 is 0 Å². The lowest BCUT2D eigenvalue weighted by molar-refractivity contribution is -0.143. The maximum Gasteiger partial charge on any atom is 0.233 e. The Kier molecular flexibility index (Phi) is 1.34. The van der Waals surface area contributed by atoms with E-state index in [0.29, 0.717) is 0 Å². The molecular formula is C9H12N2O2. The van der Waals surface area contributed by atoms with E-state index in [-0.39, 0.29) is 29.7 Å². The van der Waals surface area contributed by atoms with Crippen molar-refractivity contribution in [1.29, 1.82) is 0 Å². The van der Waals surface area contributed by atoms with Crippen LogP contribution in [0, 0.1) is 11.8 Å². The van der Waals surface area contributed by atoms with Gasteiger partial charge in [0.1, 0.15) is 0 Å². The zero-order valence-corrected chi connectivity index (χ0v) is 7.32. The number of carbonyl (C=O) groups is 2. The number of hydrogen-bond acceptors (Lipinski definition) is 3. The number of nitrogens with zero attached hydrogens (tertiary/aromatic N) is 1. The fourth-order valence-corrected chi connectivity index (χ4v) is 2.43. The predicted octanol–water partition coefficient (Wildman–Crippen LogP) is -0.647. The maximum absolute atomic E-state index is 11.6. The molecule has 4 nitrogen and oxygen atoms in total. The molecule has 1 N–H and O–H groups in total. The van der Waals surface area contributed by atoms with Gasteiger partial charge in [-0.25, -0.2) is 0 Å². The maximum atomic E-state index is 11.6. The number of nitrogens with one attached hydrogen (secondary N) is 1. The zero-order chi connectivity index (χ0) is 9.00. The minimum atomic E-state index is 0.0631. The number of fused-ring (bicyclic) bond motifs is 1. The number of carbonyl (C=O) groups excluding carboxylic acids is 2. The van der Waals surface area contributed by atoms with Crippen molar-refractivity contribution in [3.63, 3.8) is 0 Å². The standard InChI is InChI=1S/C9H12N2O2/c12-8-6-3-7(6)9(13)11(8)5-1-2-10-4-5/h5-7,10H,1-4H2. The van der Waals surface area contributed by atoms with Gasteiger partial charge in [0, 0.05) is 6.54 Å². The lowest BCUT2D eigenvalue weighted by atomic mass is 10.2. The number of piperidine rings is 1. The average Bonchev–Trinajstić information content (AvgIpc) is 2.67. The second-order valence-electron chi connectivity index (χ2n) is 4.14. The lowest BCUT2D eigenvalue weighted by Gasteiger charge is -2.22. The Labute approximate surface area is 76.3 Å². The highest BCUT2D eigenvalue weighted by Gasteiger charge is 2.60. The molecule has 0 aromatic carbocycles. The molecule has 3 unspecified atom stereocenters. The summed E-state index contributed by atoms with van der Waals surface area (Å²) in [6.07, 6.45) is 1.74. The van der Waals surface area contributed by atoms with Crippen LogP contribution in [0.3, 0.4) is 0 Å². The average molecular weight is 180 g/mol. The summed E-state index contributed by atoms with van der Waals surface area (Å²) in [7, 11) is 0. The highest BCUT2D eigenvalue weighted by atomic mass is 16.2. The highest BCUT2D eigenvalue weighted by molar-refractivity contribution is 6.09. The summed E-state index contributed by atoms with van der Waals surface area (Å²) < 4.78 is 0. The van der Waals surface area contributed by atoms with Crippen LogP contribution in [0.4, 0.5) is 0 Å². The van der Waals surface area contributed by atoms with Gasteiger partial charge in [-0.15, -0.1) is 0 Å². The van der Waals surface area contributed by atoms with Crippen molar-refractivity contribution in [3.05, 3.63) is 0 Å². The minimum absolute atomic E-state index is 0.0631. The molecule has 0 spiro atoms. The normalized spacial score (nSPS) is 42.8. The third-order valence-electron chi connectivity index (χ3n) is 3.30. The van der Waals surface area contributed by atoms with E-state index in [2.05, 4.69) is 5.32 Å². The Balaban J connectivity index is 1.83. The van der Waals surface area contributed by atoms with Crippen LogP contribution >= 0.6 is 0 Å². The van der Waals surface area contributed by atoms with Crippen molar-refractivity contribution in [1.82, 2.24) is 10.2 Å². The highest BCUT2D eigenvalue weighted by Crippen LogP contribution is 2.47. The first-order valence-electron chi connectivity index (χ1n) is 4.86. The Morgan fingerprint density at radius 1 is 1.23 bits per heavy atom. The molecule has 0 aromatic rings. The quantitative estimate of drug-likeness (QED) is 0.546. The van der Waals surface area contributed by atoms with Gasteiger partial charge in [0.2, 0.25) is 11.8 Å². The van der Waals surface area contributed by atoms with Gasteiger partial charge < -0.3 is 5.32 Å². The van der Waals surface area contributed by atoms with Gasteiger partial charge in [-0.3, -0.25) is 14.5 Å². The van der Waals surface area contributed by atoms with Crippen LogP contribution < -0.4 is 5.32 Å². The first-order chi connectivity index (χ1) is 6.29. The predicted molar refractivity (Wildman–Crippen MR) is 44.7 cm³/mol. The van der Waals surface area contributed by atoms with Crippen LogP contribution in [0.25, 0.3) is 0 Å². The summed E-state index contributed by atoms with van der Waals surface area (Å²) >= 11 is 0. The van der Waals surface area contributed by atoms with E-state index < -0.39 is 0 Å². The molecule has 3 rings (SSSR count). The molecule has 1 aliphatic carbocycles. The van der Waals surface area contributed by atoms with Crippen LogP contribution in [-0.4, -0.2) is 35.8 Å². The van der Waals surface area contributed by atoms with Crippen LogP contribution in [0.1, 0.15) is 12.8 Å². The van der Waals surface area contributed by atoms with E-state index in [4.69, 9.17) is 0 Å². The topological polar surface area (TPSA) is 49.4 Å². The third-order valence-corrected chi connectivity index (χ3v) is 3.30. The number of amides is 2. The molecule has 2 aliphatic heterocycles. The minimum Gasteiger partial charge on any atom is -0.315 e. The SMILES string of the molecule is O=C1C2CC2C(=O)N1C1CCNC1. The van der Waals surface area contributed by atoms with Crippen molar-refractivity contribution in [2.24, 2.45) is 11.8 Å². The zero-order valence-electron chi connectivity index (χ0n) is 7.32. The second kappa shape index (κ2) is 2.32. The summed E-state index contributed by atoms with van der Waals surface area (Å²) in [6, 6.07) is 0.146. The molecule has 0 bridgehead atoms. The Hall–Kier alpha value is -0.900. The molecule has 13 heavy (non-hydrogen) atoms. The van der Waals surface area contributed by atoms with E-state index in [1.807, 2.05) is 0 Å². The number of imide groups is 1. The molecule has 0 aromatic heterocycles. The van der Waals surface area contributed by atoms with Crippen LogP contribution in [0.2, 0.25) is 0 Å². The van der Waals surface area contributed by atoms with Gasteiger partial charge in [0.25, 0.3) is 0 Å². The molecule has 70 valence electrons. The van der Waals surface area contributed by atoms with Crippen LogP contribution in [-0.2, 0) is 9.59 Å². The van der Waals surface area contributed by atoms with E-state index >= 15 is 0 Å². The van der Waals surface area contributed by atoms with E-state index in [1.54, 1.807) is 0 Å². The third kappa shape index (κ3) is 0.892. The van der Waals surface area contributed by atoms with Gasteiger partial charge in [0.05, 0.1) is 17.9 Å². The van der Waals surface area contributed by atoms with Crippen LogP contribution in [0.15, 0.2) is 0 Å². The molecule has 4 heteroatoms. The van der Waals surface area contributed by atoms with Crippen molar-refractivity contribution < 1.29 is 9.59 Å². The Morgan fingerprint density at radius 3 is 2.46 bits per heavy atom. The largest absolute Gasteiger partial charge is 0.315 e. The van der Waals surface area contributed by atoms with E-state index in [1.165, 1.54) is 4.90 Å². The number of likely N-dealkylation sites (tertiary alicyclic amines) is 1. The van der Waals surface area contributed by atoms with Gasteiger partial charge in [-0.1, -0.05) is 0 Å². The number of hydrogen-bond donors (Lipinski definition) is 1. The second-order valence-corrected chi connectivity index (χ2v) is 4.14. The van der Waals surface area contributed by atoms with Crippen molar-refractivity contribution in [2.45, 2.75) is 18.9 Å². The summed E-state index contributed by atoms with van der Waals surface area (Å²) in [4.78, 5) is 24.8. The van der Waals surface area contributed by atoms with E-state index in [0.717, 1.165) is 25.9 Å². The van der Waals surface area contributed by atoms with Crippen LogP contribution in [0.5, 0.6) is 0 Å². The van der Waals surface area contributed by atoms with Crippen molar-refractivity contribution >= 4 is 11.8 Å². The molecule has 2 saturated heterocycles. The molecule has 2 heterocycles. The summed E-state index contributed by atoms with van der Waals surface area (Å²) in [5.74, 6) is 0.300. The first-order valence-corrected chi connectivity index (χ1v) is 4.86. The molecular weight excluding hydrogens is 168 g/mol. The molecule has 2 amide bonds. The van der Waals surface area contributed by atoms with Gasteiger partial charge in [0.15, 0.2) is 0 Å². The van der Waals surface area contributed by atoms with Gasteiger partial charge in [-0.2, -0.15) is 0 Å². The fraction of sp³-hybridized carbons (Fsp3) is 0.778. The summed E-state index contributed by atoms with van der Waals surface area (Å²) in [5, 5.41) is 3.17. The molecule has 3 aliphatic rings. The molecule has 1 saturated carbocycles. The molecule has 3 fully saturated rings. The van der Waals surface area contributed by atoms with E-state index in [9.17, 15) is 9.59 Å². The summed E-state index contributed by atoms with van der Waals surface area (Å²) in [5.41, 5.74) is 0. The van der Waals surface area contributed by atoms with Crippen molar-refractivity contribution in [3.8, 4) is 0 Å². The lowest BCUT2D eigenvalue weighted by Crippen LogP contribution is -2.43. The van der Waals surface area contributed by atoms with Gasteiger partial charge in [-0.05, 0) is 19.4 Å².